The van der Waals surface area contributed by atoms with Gasteiger partial charge in [-0.3, -0.25) is 0 Å². The Bertz CT molecular complexity index is 532. The van der Waals surface area contributed by atoms with E-state index in [-0.39, 0.29) is 0 Å². The van der Waals surface area contributed by atoms with E-state index >= 15 is 0 Å². The fraction of sp³-hybridized carbons (Fsp3) is 0.583. The van der Waals surface area contributed by atoms with E-state index in [0.717, 1.165) is 12.1 Å². The van der Waals surface area contributed by atoms with Gasteiger partial charge in [-0.1, -0.05) is 12.1 Å². The average molecular weight is 265 g/mol. The lowest BCUT2D eigenvalue weighted by Crippen LogP contribution is -2.39. The molecule has 104 valence electrons. The Morgan fingerprint density at radius 3 is 2.95 bits per heavy atom. The van der Waals surface area contributed by atoms with Gasteiger partial charge in [-0.2, -0.15) is 4.98 Å². The molecule has 7 heteroatoms. The number of ether oxygens (including phenoxy) is 1. The van der Waals surface area contributed by atoms with Crippen molar-refractivity contribution in [2.24, 2.45) is 12.8 Å². The van der Waals surface area contributed by atoms with Gasteiger partial charge < -0.3 is 19.6 Å². The third-order valence-corrected chi connectivity index (χ3v) is 2.72. The largest absolute Gasteiger partial charge is 0.379 e. The Labute approximate surface area is 111 Å². The number of aryl methyl sites for hydroxylation is 1. The van der Waals surface area contributed by atoms with Gasteiger partial charge in [-0.05, 0) is 13.3 Å². The molecule has 0 aliphatic carbocycles. The molecule has 2 heterocycles. The van der Waals surface area contributed by atoms with Gasteiger partial charge in [-0.15, -0.1) is 0 Å². The van der Waals surface area contributed by atoms with Gasteiger partial charge in [0.25, 0.3) is 5.89 Å². The monoisotopic (exact) mass is 265 g/mol. The summed E-state index contributed by atoms with van der Waals surface area (Å²) in [6.07, 6.45) is 4.28. The molecule has 2 aromatic rings. The van der Waals surface area contributed by atoms with Crippen LogP contribution in [0.15, 0.2) is 17.0 Å². The van der Waals surface area contributed by atoms with Crippen molar-refractivity contribution in [1.82, 2.24) is 19.7 Å². The van der Waals surface area contributed by atoms with Crippen molar-refractivity contribution in [1.29, 1.82) is 0 Å². The number of imidazole rings is 1. The Balaban J connectivity index is 2.14. The molecule has 0 aliphatic rings. The lowest BCUT2D eigenvalue weighted by molar-refractivity contribution is 0.0867. The smallest absolute Gasteiger partial charge is 0.276 e. The molecule has 2 aromatic heterocycles. The molecule has 0 fully saturated rings. The van der Waals surface area contributed by atoms with Crippen molar-refractivity contribution in [3.63, 3.8) is 0 Å². The second-order valence-corrected chi connectivity index (χ2v) is 4.78. The van der Waals surface area contributed by atoms with E-state index in [1.165, 1.54) is 0 Å². The van der Waals surface area contributed by atoms with Crippen molar-refractivity contribution in [2.45, 2.75) is 25.8 Å². The van der Waals surface area contributed by atoms with Gasteiger partial charge in [0.15, 0.2) is 5.82 Å². The van der Waals surface area contributed by atoms with Gasteiger partial charge in [0.1, 0.15) is 11.2 Å². The highest BCUT2D eigenvalue weighted by Crippen LogP contribution is 2.20. The molecule has 0 amide bonds. The molecule has 2 rings (SSSR count). The van der Waals surface area contributed by atoms with Gasteiger partial charge in [-0.25, -0.2) is 4.98 Å². The first-order valence-corrected chi connectivity index (χ1v) is 6.22. The van der Waals surface area contributed by atoms with Gasteiger partial charge in [0.2, 0.25) is 0 Å². The van der Waals surface area contributed by atoms with Crippen molar-refractivity contribution < 1.29 is 9.26 Å². The molecule has 2 N–H and O–H groups in total. The van der Waals surface area contributed by atoms with Crippen LogP contribution in [0, 0.1) is 0 Å². The molecule has 1 unspecified atom stereocenters. The minimum Gasteiger partial charge on any atom is -0.379 e. The van der Waals surface area contributed by atoms with Crippen LogP contribution in [-0.4, -0.2) is 32.9 Å². The van der Waals surface area contributed by atoms with Crippen LogP contribution in [0.1, 0.15) is 26.1 Å². The first-order valence-electron chi connectivity index (χ1n) is 6.22. The second kappa shape index (κ2) is 5.50. The van der Waals surface area contributed by atoms with Crippen LogP contribution < -0.4 is 5.73 Å². The summed E-state index contributed by atoms with van der Waals surface area (Å²) in [4.78, 5) is 8.33. The summed E-state index contributed by atoms with van der Waals surface area (Å²) in [6.45, 7) is 4.88. The van der Waals surface area contributed by atoms with Crippen LogP contribution in [0.3, 0.4) is 0 Å². The third kappa shape index (κ3) is 2.99. The maximum absolute atomic E-state index is 6.15. The maximum Gasteiger partial charge on any atom is 0.276 e. The van der Waals surface area contributed by atoms with Gasteiger partial charge in [0.05, 0.1) is 19.1 Å². The molecule has 19 heavy (non-hydrogen) atoms. The highest BCUT2D eigenvalue weighted by Gasteiger charge is 2.28. The zero-order chi connectivity index (χ0) is 13.9. The molecular weight excluding hydrogens is 246 g/mol. The highest BCUT2D eigenvalue weighted by atomic mass is 16.5. The minimum absolute atomic E-state index is 0.352. The minimum atomic E-state index is -0.768. The van der Waals surface area contributed by atoms with Crippen LogP contribution in [-0.2, 0) is 17.3 Å². The van der Waals surface area contributed by atoms with Crippen LogP contribution in [0.2, 0.25) is 0 Å². The van der Waals surface area contributed by atoms with Crippen LogP contribution in [0.25, 0.3) is 11.6 Å². The summed E-state index contributed by atoms with van der Waals surface area (Å²) in [5.41, 5.74) is 6.14. The first-order chi connectivity index (χ1) is 9.04. The van der Waals surface area contributed by atoms with Gasteiger partial charge in [0, 0.05) is 13.7 Å². The molecule has 0 radical (unpaired) electrons. The van der Waals surface area contributed by atoms with Crippen LogP contribution in [0.5, 0.6) is 0 Å². The number of aromatic nitrogens is 4. The molecule has 0 aliphatic heterocycles. The molecule has 0 saturated carbocycles. The fourth-order valence-corrected chi connectivity index (χ4v) is 1.62. The third-order valence-electron chi connectivity index (χ3n) is 2.72. The second-order valence-electron chi connectivity index (χ2n) is 4.78. The van der Waals surface area contributed by atoms with Crippen molar-refractivity contribution in [3.05, 3.63) is 18.3 Å². The number of nitrogens with zero attached hydrogens (tertiary/aromatic N) is 4. The Morgan fingerprint density at radius 1 is 1.53 bits per heavy atom. The van der Waals surface area contributed by atoms with E-state index in [2.05, 4.69) is 15.1 Å². The Hall–Kier alpha value is -1.73. The van der Waals surface area contributed by atoms with Crippen molar-refractivity contribution in [2.75, 3.05) is 13.2 Å². The standard InChI is InChI=1S/C12H19N5O2/c1-4-5-18-7-12(2,13)11-15-10(19-16-11)9-6-14-8-17(9)3/h6,8H,4-5,7,13H2,1-3H3. The molecule has 7 nitrogen and oxygen atoms in total. The van der Waals surface area contributed by atoms with E-state index in [0.29, 0.717) is 24.9 Å². The summed E-state index contributed by atoms with van der Waals surface area (Å²) in [5.74, 6) is 0.835. The van der Waals surface area contributed by atoms with E-state index in [9.17, 15) is 0 Å². The molecule has 1 atom stereocenters. The quantitative estimate of drug-likeness (QED) is 0.785. The fourth-order valence-electron chi connectivity index (χ4n) is 1.62. The molecular formula is C12H19N5O2. The molecule has 0 aromatic carbocycles. The van der Waals surface area contributed by atoms with E-state index < -0.39 is 5.54 Å². The predicted molar refractivity (Wildman–Crippen MR) is 69.1 cm³/mol. The maximum atomic E-state index is 6.15. The van der Waals surface area contributed by atoms with Crippen molar-refractivity contribution in [3.8, 4) is 11.6 Å². The lowest BCUT2D eigenvalue weighted by Gasteiger charge is -2.19. The Morgan fingerprint density at radius 2 is 2.32 bits per heavy atom. The van der Waals surface area contributed by atoms with Gasteiger partial charge >= 0.3 is 0 Å². The number of nitrogens with two attached hydrogens (primary N) is 1. The Kier molecular flexibility index (Phi) is 3.96. The average Bonchev–Trinajstić information content (AvgIpc) is 2.97. The number of hydrogen-bond acceptors (Lipinski definition) is 6. The molecule has 0 saturated heterocycles. The van der Waals surface area contributed by atoms with Crippen LogP contribution >= 0.6 is 0 Å². The summed E-state index contributed by atoms with van der Waals surface area (Å²) >= 11 is 0. The van der Waals surface area contributed by atoms with E-state index in [4.69, 9.17) is 15.0 Å². The lowest BCUT2D eigenvalue weighted by atomic mass is 10.1. The topological polar surface area (TPSA) is 92.0 Å². The molecule has 0 spiro atoms. The summed E-state index contributed by atoms with van der Waals surface area (Å²) in [6, 6.07) is 0. The molecule has 0 bridgehead atoms. The summed E-state index contributed by atoms with van der Waals surface area (Å²) in [5, 5.41) is 3.93. The zero-order valence-electron chi connectivity index (χ0n) is 11.5. The summed E-state index contributed by atoms with van der Waals surface area (Å²) < 4.78 is 12.5. The number of hydrogen-bond donors (Lipinski definition) is 1. The summed E-state index contributed by atoms with van der Waals surface area (Å²) in [7, 11) is 1.86. The van der Waals surface area contributed by atoms with Crippen molar-refractivity contribution >= 4 is 0 Å². The predicted octanol–water partition coefficient (Wildman–Crippen LogP) is 1.07. The van der Waals surface area contributed by atoms with Crippen LogP contribution in [0.4, 0.5) is 0 Å². The van der Waals surface area contributed by atoms with E-state index in [1.807, 2.05) is 20.9 Å². The zero-order valence-corrected chi connectivity index (χ0v) is 11.5. The SMILES string of the molecule is CCCOCC(C)(N)c1noc(-c2cncn2C)n1. The highest BCUT2D eigenvalue weighted by molar-refractivity contribution is 5.45. The normalized spacial score (nSPS) is 14.5. The van der Waals surface area contributed by atoms with E-state index in [1.54, 1.807) is 17.1 Å². The first kappa shape index (κ1) is 13.7. The number of rotatable bonds is 6.